The summed E-state index contributed by atoms with van der Waals surface area (Å²) in [5, 5.41) is 6.74. The van der Waals surface area contributed by atoms with Crippen molar-refractivity contribution in [1.29, 1.82) is 0 Å². The third kappa shape index (κ3) is 4.12. The first-order valence-corrected chi connectivity index (χ1v) is 15.5. The van der Waals surface area contributed by atoms with E-state index < -0.39 is 0 Å². The van der Waals surface area contributed by atoms with Crippen molar-refractivity contribution in [2.24, 2.45) is 0 Å². The van der Waals surface area contributed by atoms with Gasteiger partial charge < -0.3 is 17.7 Å². The Morgan fingerprint density at radius 1 is 0.356 bits per heavy atom. The van der Waals surface area contributed by atoms with Gasteiger partial charge in [0.2, 0.25) is 0 Å². The van der Waals surface area contributed by atoms with E-state index in [1.54, 1.807) is 0 Å². The van der Waals surface area contributed by atoms with Gasteiger partial charge in [0, 0.05) is 43.4 Å². The summed E-state index contributed by atoms with van der Waals surface area (Å²) in [6.45, 7) is 0. The summed E-state index contributed by atoms with van der Waals surface area (Å²) in [6, 6.07) is 44.8. The highest BCUT2D eigenvalue weighted by Crippen LogP contribution is 2.44. The van der Waals surface area contributed by atoms with Crippen LogP contribution in [0.2, 0.25) is 0 Å². The molecule has 10 rings (SSSR count). The van der Waals surface area contributed by atoms with E-state index in [0.29, 0.717) is 0 Å². The number of halogens is 1. The molecule has 6 aromatic carbocycles. The molecule has 10 aromatic rings. The van der Waals surface area contributed by atoms with E-state index in [1.165, 1.54) is 0 Å². The zero-order valence-corrected chi connectivity index (χ0v) is 25.4. The molecule has 0 spiro atoms. The highest BCUT2D eigenvalue weighted by atomic mass is 79.9. The van der Waals surface area contributed by atoms with Gasteiger partial charge in [-0.15, -0.1) is 0 Å². The standard InChI is InChI=1S/C20H11BrO2.C20H12O2/c21-20-19(13-7-2-4-10-16(13)23-20)14-8-5-11-17-18(14)12-6-1-3-9-15(12)22-17;1-3-9-17-13(6-1)16(12-21-17)14-8-5-11-19-20(14)15-7-2-4-10-18(15)22-19/h1-11H;1-12H. The maximum atomic E-state index is 6.00. The second-order valence-electron chi connectivity index (χ2n) is 10.9. The van der Waals surface area contributed by atoms with Crippen molar-refractivity contribution in [3.05, 3.63) is 144 Å². The number of hydrogen-bond donors (Lipinski definition) is 0. The van der Waals surface area contributed by atoms with Gasteiger partial charge in [0.25, 0.3) is 0 Å². The molecule has 0 atom stereocenters. The van der Waals surface area contributed by atoms with Gasteiger partial charge in [-0.05, 0) is 63.5 Å². The van der Waals surface area contributed by atoms with Gasteiger partial charge in [-0.1, -0.05) is 97.1 Å². The molecule has 0 fully saturated rings. The summed E-state index contributed by atoms with van der Waals surface area (Å²) in [5.41, 5.74) is 9.82. The minimum absolute atomic E-state index is 0.747. The first-order valence-electron chi connectivity index (χ1n) is 14.7. The van der Waals surface area contributed by atoms with Gasteiger partial charge in [0.05, 0.1) is 6.26 Å². The van der Waals surface area contributed by atoms with Crippen LogP contribution >= 0.6 is 15.9 Å². The molecule has 0 radical (unpaired) electrons. The molecule has 214 valence electrons. The van der Waals surface area contributed by atoms with Crippen LogP contribution in [0.3, 0.4) is 0 Å². The predicted molar refractivity (Wildman–Crippen MR) is 186 cm³/mol. The molecule has 0 aliphatic carbocycles. The Bertz CT molecular complexity index is 2680. The molecule has 4 nitrogen and oxygen atoms in total. The molecule has 0 saturated heterocycles. The average molecular weight is 648 g/mol. The average Bonchev–Trinajstić information content (AvgIpc) is 3.85. The maximum absolute atomic E-state index is 6.00. The van der Waals surface area contributed by atoms with Crippen molar-refractivity contribution in [3.63, 3.8) is 0 Å². The van der Waals surface area contributed by atoms with E-state index in [9.17, 15) is 0 Å². The zero-order chi connectivity index (χ0) is 29.9. The Kier molecular flexibility index (Phi) is 5.93. The van der Waals surface area contributed by atoms with Crippen molar-refractivity contribution < 1.29 is 17.7 Å². The Balaban J connectivity index is 0.000000125. The van der Waals surface area contributed by atoms with Crippen LogP contribution in [0.15, 0.2) is 162 Å². The molecule has 0 unspecified atom stereocenters. The van der Waals surface area contributed by atoms with Crippen molar-refractivity contribution in [2.75, 3.05) is 0 Å². The monoisotopic (exact) mass is 646 g/mol. The molecular formula is C40H23BrO4. The third-order valence-electron chi connectivity index (χ3n) is 8.40. The lowest BCUT2D eigenvalue weighted by atomic mass is 9.99. The van der Waals surface area contributed by atoms with E-state index in [4.69, 9.17) is 17.7 Å². The Hall–Kier alpha value is -5.52. The van der Waals surface area contributed by atoms with Gasteiger partial charge in [-0.2, -0.15) is 0 Å². The number of rotatable bonds is 2. The lowest BCUT2D eigenvalue weighted by Gasteiger charge is -2.02. The van der Waals surface area contributed by atoms with Crippen LogP contribution < -0.4 is 0 Å². The summed E-state index contributed by atoms with van der Waals surface area (Å²) < 4.78 is 24.3. The molecule has 4 heterocycles. The highest BCUT2D eigenvalue weighted by Gasteiger charge is 2.19. The fraction of sp³-hybridized carbons (Fsp3) is 0. The summed E-state index contributed by atoms with van der Waals surface area (Å²) in [7, 11) is 0. The van der Waals surface area contributed by atoms with Crippen LogP contribution in [-0.2, 0) is 0 Å². The largest absolute Gasteiger partial charge is 0.464 e. The highest BCUT2D eigenvalue weighted by molar-refractivity contribution is 9.10. The number of furan rings is 4. The second-order valence-corrected chi connectivity index (χ2v) is 11.7. The summed E-state index contributed by atoms with van der Waals surface area (Å²) >= 11 is 3.59. The summed E-state index contributed by atoms with van der Waals surface area (Å²) in [6.07, 6.45) is 1.83. The topological polar surface area (TPSA) is 52.6 Å². The van der Waals surface area contributed by atoms with Crippen LogP contribution in [0.1, 0.15) is 0 Å². The molecule has 0 bridgehead atoms. The van der Waals surface area contributed by atoms with Crippen molar-refractivity contribution in [1.82, 2.24) is 0 Å². The number of para-hydroxylation sites is 4. The molecule has 0 N–H and O–H groups in total. The minimum Gasteiger partial charge on any atom is -0.464 e. The molecule has 0 aliphatic heterocycles. The molecular weight excluding hydrogens is 624 g/mol. The normalized spacial score (nSPS) is 11.7. The Labute approximate surface area is 265 Å². The lowest BCUT2D eigenvalue weighted by molar-refractivity contribution is 0.589. The van der Waals surface area contributed by atoms with E-state index in [2.05, 4.69) is 52.3 Å². The third-order valence-corrected chi connectivity index (χ3v) is 8.96. The number of benzene rings is 6. The quantitative estimate of drug-likeness (QED) is 0.187. The minimum atomic E-state index is 0.747. The van der Waals surface area contributed by atoms with E-state index in [0.717, 1.165) is 92.7 Å². The van der Waals surface area contributed by atoms with Crippen molar-refractivity contribution in [3.8, 4) is 22.3 Å². The van der Waals surface area contributed by atoms with Crippen molar-refractivity contribution in [2.45, 2.75) is 0 Å². The zero-order valence-electron chi connectivity index (χ0n) is 23.8. The van der Waals surface area contributed by atoms with Crippen LogP contribution in [0, 0.1) is 0 Å². The molecule has 0 saturated carbocycles. The van der Waals surface area contributed by atoms with Gasteiger partial charge >= 0.3 is 0 Å². The van der Waals surface area contributed by atoms with Crippen LogP contribution in [0.4, 0.5) is 0 Å². The first kappa shape index (κ1) is 25.9. The van der Waals surface area contributed by atoms with Crippen molar-refractivity contribution >= 4 is 81.7 Å². The summed E-state index contributed by atoms with van der Waals surface area (Å²) in [4.78, 5) is 0. The van der Waals surface area contributed by atoms with Gasteiger partial charge in [-0.3, -0.25) is 0 Å². The van der Waals surface area contributed by atoms with Crippen LogP contribution in [0.25, 0.3) is 88.1 Å². The smallest absolute Gasteiger partial charge is 0.178 e. The summed E-state index contributed by atoms with van der Waals surface area (Å²) in [5.74, 6) is 0. The molecule has 4 aromatic heterocycles. The van der Waals surface area contributed by atoms with E-state index >= 15 is 0 Å². The first-order chi connectivity index (χ1) is 22.2. The maximum Gasteiger partial charge on any atom is 0.178 e. The number of hydrogen-bond acceptors (Lipinski definition) is 4. The molecule has 5 heteroatoms. The second kappa shape index (κ2) is 10.3. The molecule has 0 amide bonds. The van der Waals surface area contributed by atoms with Gasteiger partial charge in [0.1, 0.15) is 33.5 Å². The fourth-order valence-electron chi connectivity index (χ4n) is 6.44. The Morgan fingerprint density at radius 2 is 0.822 bits per heavy atom. The SMILES string of the molecule is Brc1oc2ccccc2c1-c1cccc2oc3ccccc3c12.c1ccc2c(-c3cccc4oc5ccccc5c34)coc2c1. The van der Waals surface area contributed by atoms with E-state index in [-0.39, 0.29) is 0 Å². The fourth-order valence-corrected chi connectivity index (χ4v) is 7.04. The molecule has 45 heavy (non-hydrogen) atoms. The lowest BCUT2D eigenvalue weighted by Crippen LogP contribution is -1.79. The van der Waals surface area contributed by atoms with Gasteiger partial charge in [-0.25, -0.2) is 0 Å². The number of fused-ring (bicyclic) bond motifs is 8. The van der Waals surface area contributed by atoms with E-state index in [1.807, 2.05) is 103 Å². The predicted octanol–water partition coefficient (Wildman–Crippen LogP) is 12.8. The molecule has 0 aliphatic rings. The van der Waals surface area contributed by atoms with Crippen LogP contribution in [0.5, 0.6) is 0 Å². The van der Waals surface area contributed by atoms with Gasteiger partial charge in [0.15, 0.2) is 4.67 Å². The Morgan fingerprint density at radius 3 is 1.47 bits per heavy atom. The van der Waals surface area contributed by atoms with Crippen LogP contribution in [-0.4, -0.2) is 0 Å².